The second-order valence-corrected chi connectivity index (χ2v) is 6.29. The molecule has 1 aliphatic carbocycles. The molecule has 1 N–H and O–H groups in total. The van der Waals surface area contributed by atoms with Gasteiger partial charge in [0.05, 0.1) is 5.92 Å². The number of aliphatic carboxylic acids is 1. The van der Waals surface area contributed by atoms with E-state index in [1.54, 1.807) is 12.1 Å². The molecular formula is C17H24FNO2. The molecule has 1 saturated carbocycles. The molecule has 4 atom stereocenters. The third-order valence-electron chi connectivity index (χ3n) is 4.89. The maximum atomic E-state index is 14.0. The average molecular weight is 293 g/mol. The van der Waals surface area contributed by atoms with Crippen LogP contribution in [0.2, 0.25) is 0 Å². The van der Waals surface area contributed by atoms with E-state index in [1.165, 1.54) is 6.07 Å². The number of hydrogen-bond acceptors (Lipinski definition) is 2. The molecular weight excluding hydrogens is 269 g/mol. The van der Waals surface area contributed by atoms with Crippen molar-refractivity contribution in [2.75, 3.05) is 7.05 Å². The zero-order chi connectivity index (χ0) is 15.6. The molecule has 4 unspecified atom stereocenters. The Morgan fingerprint density at radius 2 is 2.05 bits per heavy atom. The SMILES string of the molecule is CC1CCC(C(=O)O)C(N(C)C(C)c2ccccc2F)C1. The Hall–Kier alpha value is -1.42. The van der Waals surface area contributed by atoms with Crippen LogP contribution in [0.5, 0.6) is 0 Å². The maximum absolute atomic E-state index is 14.0. The summed E-state index contributed by atoms with van der Waals surface area (Å²) in [6.07, 6.45) is 2.51. The third-order valence-corrected chi connectivity index (χ3v) is 4.89. The van der Waals surface area contributed by atoms with Crippen LogP contribution < -0.4 is 0 Å². The van der Waals surface area contributed by atoms with Gasteiger partial charge in [-0.05, 0) is 45.2 Å². The van der Waals surface area contributed by atoms with Crippen molar-refractivity contribution in [3.05, 3.63) is 35.6 Å². The smallest absolute Gasteiger partial charge is 0.308 e. The minimum absolute atomic E-state index is 0.0409. The second-order valence-electron chi connectivity index (χ2n) is 6.29. The lowest BCUT2D eigenvalue weighted by Crippen LogP contribution is -2.46. The molecule has 21 heavy (non-hydrogen) atoms. The van der Waals surface area contributed by atoms with Gasteiger partial charge in [0.1, 0.15) is 5.82 Å². The third kappa shape index (κ3) is 3.43. The Labute approximate surface area is 125 Å². The lowest BCUT2D eigenvalue weighted by molar-refractivity contribution is -0.146. The fourth-order valence-electron chi connectivity index (χ4n) is 3.41. The lowest BCUT2D eigenvalue weighted by atomic mass is 9.78. The number of carboxylic acids is 1. The van der Waals surface area contributed by atoms with Gasteiger partial charge in [0, 0.05) is 17.6 Å². The highest BCUT2D eigenvalue weighted by Gasteiger charge is 2.37. The van der Waals surface area contributed by atoms with Gasteiger partial charge in [-0.15, -0.1) is 0 Å². The van der Waals surface area contributed by atoms with Gasteiger partial charge >= 0.3 is 5.97 Å². The summed E-state index contributed by atoms with van der Waals surface area (Å²) >= 11 is 0. The monoisotopic (exact) mass is 293 g/mol. The van der Waals surface area contributed by atoms with Crippen LogP contribution in [0.3, 0.4) is 0 Å². The zero-order valence-electron chi connectivity index (χ0n) is 12.9. The van der Waals surface area contributed by atoms with E-state index in [4.69, 9.17) is 0 Å². The van der Waals surface area contributed by atoms with Crippen molar-refractivity contribution in [3.63, 3.8) is 0 Å². The number of benzene rings is 1. The Morgan fingerprint density at radius 3 is 2.67 bits per heavy atom. The van der Waals surface area contributed by atoms with Gasteiger partial charge in [-0.1, -0.05) is 25.1 Å². The van der Waals surface area contributed by atoms with Gasteiger partial charge in [-0.3, -0.25) is 9.69 Å². The van der Waals surface area contributed by atoms with Crippen molar-refractivity contribution >= 4 is 5.97 Å². The Bertz CT molecular complexity index is 505. The highest BCUT2D eigenvalue weighted by Crippen LogP contribution is 2.35. The van der Waals surface area contributed by atoms with E-state index in [2.05, 4.69) is 6.92 Å². The van der Waals surface area contributed by atoms with Crippen LogP contribution in [0.25, 0.3) is 0 Å². The van der Waals surface area contributed by atoms with Gasteiger partial charge in [0.25, 0.3) is 0 Å². The van der Waals surface area contributed by atoms with Crippen LogP contribution in [0.15, 0.2) is 24.3 Å². The molecule has 0 aliphatic heterocycles. The van der Waals surface area contributed by atoms with E-state index in [-0.39, 0.29) is 23.8 Å². The molecule has 0 amide bonds. The quantitative estimate of drug-likeness (QED) is 0.920. The minimum atomic E-state index is -0.737. The second kappa shape index (κ2) is 6.56. The molecule has 1 aromatic rings. The van der Waals surface area contributed by atoms with E-state index in [1.807, 2.05) is 24.9 Å². The first-order chi connectivity index (χ1) is 9.91. The summed E-state index contributed by atoms with van der Waals surface area (Å²) < 4.78 is 14.0. The van der Waals surface area contributed by atoms with Crippen LogP contribution in [0, 0.1) is 17.7 Å². The van der Waals surface area contributed by atoms with Crippen LogP contribution in [-0.4, -0.2) is 29.1 Å². The van der Waals surface area contributed by atoms with Gasteiger partial charge < -0.3 is 5.11 Å². The fourth-order valence-corrected chi connectivity index (χ4v) is 3.41. The summed E-state index contributed by atoms with van der Waals surface area (Å²) in [5.41, 5.74) is 0.627. The largest absolute Gasteiger partial charge is 0.481 e. The van der Waals surface area contributed by atoms with Crippen molar-refractivity contribution in [2.24, 2.45) is 11.8 Å². The summed E-state index contributed by atoms with van der Waals surface area (Å²) in [4.78, 5) is 13.5. The standard InChI is InChI=1S/C17H24FNO2/c1-11-8-9-14(17(20)21)16(10-11)19(3)12(2)13-6-4-5-7-15(13)18/h4-7,11-12,14,16H,8-10H2,1-3H3,(H,20,21). The van der Waals surface area contributed by atoms with E-state index >= 15 is 0 Å². The average Bonchev–Trinajstić information content (AvgIpc) is 2.45. The molecule has 1 aromatic carbocycles. The van der Waals surface area contributed by atoms with Crippen LogP contribution in [0.1, 0.15) is 44.7 Å². The Morgan fingerprint density at radius 1 is 1.38 bits per heavy atom. The molecule has 1 fully saturated rings. The first kappa shape index (κ1) is 16.0. The molecule has 0 bridgehead atoms. The normalized spacial score (nSPS) is 27.6. The molecule has 1 aliphatic rings. The lowest BCUT2D eigenvalue weighted by Gasteiger charge is -2.41. The van der Waals surface area contributed by atoms with Crippen molar-refractivity contribution in [3.8, 4) is 0 Å². The van der Waals surface area contributed by atoms with Crippen LogP contribution in [-0.2, 0) is 4.79 Å². The van der Waals surface area contributed by atoms with Crippen molar-refractivity contribution < 1.29 is 14.3 Å². The molecule has 0 radical (unpaired) electrons. The molecule has 0 aromatic heterocycles. The van der Waals surface area contributed by atoms with Crippen molar-refractivity contribution in [2.45, 2.75) is 45.2 Å². The molecule has 116 valence electrons. The van der Waals surface area contributed by atoms with E-state index in [0.717, 1.165) is 12.8 Å². The van der Waals surface area contributed by atoms with Crippen LogP contribution >= 0.6 is 0 Å². The first-order valence-corrected chi connectivity index (χ1v) is 7.61. The number of halogens is 1. The Kier molecular flexibility index (Phi) is 4.99. The molecule has 3 nitrogen and oxygen atoms in total. The summed E-state index contributed by atoms with van der Waals surface area (Å²) in [5, 5.41) is 9.45. The molecule has 0 heterocycles. The maximum Gasteiger partial charge on any atom is 0.308 e. The summed E-state index contributed by atoms with van der Waals surface area (Å²) in [6.45, 7) is 4.10. The Balaban J connectivity index is 2.21. The fraction of sp³-hybridized carbons (Fsp3) is 0.588. The highest BCUT2D eigenvalue weighted by atomic mass is 19.1. The molecule has 4 heteroatoms. The zero-order valence-corrected chi connectivity index (χ0v) is 12.9. The van der Waals surface area contributed by atoms with Crippen molar-refractivity contribution in [1.82, 2.24) is 4.90 Å². The van der Waals surface area contributed by atoms with E-state index in [0.29, 0.717) is 17.9 Å². The van der Waals surface area contributed by atoms with Gasteiger partial charge in [0.2, 0.25) is 0 Å². The number of hydrogen-bond donors (Lipinski definition) is 1. The topological polar surface area (TPSA) is 40.5 Å². The summed E-state index contributed by atoms with van der Waals surface area (Å²) in [5.74, 6) is -0.812. The van der Waals surface area contributed by atoms with Gasteiger partial charge in [-0.25, -0.2) is 4.39 Å². The minimum Gasteiger partial charge on any atom is -0.481 e. The highest BCUT2D eigenvalue weighted by molar-refractivity contribution is 5.71. The number of carboxylic acid groups (broad SMARTS) is 1. The predicted molar refractivity (Wildman–Crippen MR) is 80.5 cm³/mol. The summed E-state index contributed by atoms with van der Waals surface area (Å²) in [6, 6.07) is 6.55. The predicted octanol–water partition coefficient (Wildman–Crippen LogP) is 3.71. The number of rotatable bonds is 4. The van der Waals surface area contributed by atoms with E-state index in [9.17, 15) is 14.3 Å². The molecule has 0 saturated heterocycles. The van der Waals surface area contributed by atoms with Crippen molar-refractivity contribution in [1.29, 1.82) is 0 Å². The first-order valence-electron chi connectivity index (χ1n) is 7.61. The van der Waals surface area contributed by atoms with E-state index < -0.39 is 5.97 Å². The van der Waals surface area contributed by atoms with Gasteiger partial charge in [0.15, 0.2) is 0 Å². The summed E-state index contributed by atoms with van der Waals surface area (Å²) in [7, 11) is 1.91. The van der Waals surface area contributed by atoms with Gasteiger partial charge in [-0.2, -0.15) is 0 Å². The number of carbonyl (C=O) groups is 1. The molecule has 2 rings (SSSR count). The van der Waals surface area contributed by atoms with Crippen LogP contribution in [0.4, 0.5) is 4.39 Å². The number of nitrogens with zero attached hydrogens (tertiary/aromatic N) is 1. The molecule has 0 spiro atoms.